The van der Waals surface area contributed by atoms with Crippen molar-refractivity contribution in [2.24, 2.45) is 5.73 Å². The van der Waals surface area contributed by atoms with Gasteiger partial charge in [-0.25, -0.2) is 4.98 Å². The maximum Gasteiger partial charge on any atom is 0.270 e. The molecule has 3 rings (SSSR count). The molecular formula is C19H19N5O2. The summed E-state index contributed by atoms with van der Waals surface area (Å²) in [6.45, 7) is 0.372. The number of fused-ring (bicyclic) bond motifs is 1. The van der Waals surface area contributed by atoms with Crippen LogP contribution in [0.4, 0.5) is 0 Å². The topological polar surface area (TPSA) is 105 Å². The number of amides is 1. The van der Waals surface area contributed by atoms with Crippen LogP contribution < -0.4 is 15.8 Å². The Balaban J connectivity index is 1.83. The minimum atomic E-state index is -0.245. The van der Waals surface area contributed by atoms with Crippen LogP contribution in [0.1, 0.15) is 21.6 Å². The van der Waals surface area contributed by atoms with E-state index in [0.29, 0.717) is 23.5 Å². The fourth-order valence-electron chi connectivity index (χ4n) is 2.60. The number of methoxy groups -OCH3 is 1. The first kappa shape index (κ1) is 17.2. The zero-order valence-corrected chi connectivity index (χ0v) is 14.3. The van der Waals surface area contributed by atoms with Crippen LogP contribution >= 0.6 is 0 Å². The van der Waals surface area contributed by atoms with Gasteiger partial charge in [0.1, 0.15) is 17.1 Å². The number of nitrogens with two attached hydrogens (primary N) is 1. The van der Waals surface area contributed by atoms with Gasteiger partial charge in [0.15, 0.2) is 0 Å². The lowest BCUT2D eigenvalue weighted by molar-refractivity contribution is 0.0945. The number of benzene rings is 1. The Morgan fingerprint density at radius 2 is 2.23 bits per heavy atom. The molecule has 0 aliphatic heterocycles. The maximum atomic E-state index is 12.6. The number of carbonyl (C=O) groups excluding carboxylic acids is 1. The van der Waals surface area contributed by atoms with Gasteiger partial charge in [0, 0.05) is 36.3 Å². The highest BCUT2D eigenvalue weighted by atomic mass is 16.5. The molecule has 7 heteroatoms. The number of carbonyl (C=O) groups is 1. The van der Waals surface area contributed by atoms with E-state index in [1.165, 1.54) is 18.6 Å². The van der Waals surface area contributed by atoms with E-state index < -0.39 is 0 Å². The SMILES string of the molecule is COc1cccc(CNC(=O)c2cnc3ccc(/C(C=N)=C/N)cn23)c1. The third-order valence-corrected chi connectivity index (χ3v) is 3.99. The van der Waals surface area contributed by atoms with Gasteiger partial charge >= 0.3 is 0 Å². The molecule has 0 saturated carbocycles. The molecule has 1 amide bonds. The average molecular weight is 349 g/mol. The molecule has 0 spiro atoms. The molecule has 0 bridgehead atoms. The molecular weight excluding hydrogens is 330 g/mol. The Kier molecular flexibility index (Phi) is 4.98. The molecule has 0 aliphatic rings. The quantitative estimate of drug-likeness (QED) is 0.593. The number of rotatable bonds is 6. The van der Waals surface area contributed by atoms with Gasteiger partial charge in [-0.2, -0.15) is 0 Å². The zero-order chi connectivity index (χ0) is 18.5. The predicted molar refractivity (Wildman–Crippen MR) is 100 cm³/mol. The third kappa shape index (κ3) is 3.41. The van der Waals surface area contributed by atoms with Crippen molar-refractivity contribution in [3.63, 3.8) is 0 Å². The van der Waals surface area contributed by atoms with Crippen LogP contribution in [0.15, 0.2) is 55.0 Å². The largest absolute Gasteiger partial charge is 0.497 e. The predicted octanol–water partition coefficient (Wildman–Crippen LogP) is 2.22. The summed E-state index contributed by atoms with van der Waals surface area (Å²) >= 11 is 0. The van der Waals surface area contributed by atoms with Crippen molar-refractivity contribution in [3.05, 3.63) is 71.8 Å². The molecule has 2 aromatic heterocycles. The second-order valence-electron chi connectivity index (χ2n) is 5.59. The number of pyridine rings is 1. The lowest BCUT2D eigenvalue weighted by atomic mass is 10.1. The molecule has 0 fully saturated rings. The number of hydrogen-bond donors (Lipinski definition) is 3. The summed E-state index contributed by atoms with van der Waals surface area (Å²) in [7, 11) is 1.60. The number of nitrogens with one attached hydrogen (secondary N) is 2. The van der Waals surface area contributed by atoms with E-state index in [2.05, 4.69) is 10.3 Å². The van der Waals surface area contributed by atoms with Gasteiger partial charge in [-0.05, 0) is 29.8 Å². The lowest BCUT2D eigenvalue weighted by Crippen LogP contribution is -2.24. The van der Waals surface area contributed by atoms with Crippen LogP contribution in [0.3, 0.4) is 0 Å². The summed E-state index contributed by atoms with van der Waals surface area (Å²) in [6, 6.07) is 11.1. The molecule has 0 atom stereocenters. The van der Waals surface area contributed by atoms with Crippen molar-refractivity contribution >= 4 is 23.3 Å². The molecule has 0 radical (unpaired) electrons. The molecule has 132 valence electrons. The number of aromatic nitrogens is 2. The Labute approximate surface area is 150 Å². The van der Waals surface area contributed by atoms with E-state index in [1.54, 1.807) is 23.8 Å². The first-order chi connectivity index (χ1) is 12.7. The van der Waals surface area contributed by atoms with Crippen molar-refractivity contribution in [1.29, 1.82) is 5.41 Å². The maximum absolute atomic E-state index is 12.6. The summed E-state index contributed by atoms with van der Waals surface area (Å²) in [4.78, 5) is 16.8. The monoisotopic (exact) mass is 349 g/mol. The van der Waals surface area contributed by atoms with Gasteiger partial charge in [-0.15, -0.1) is 0 Å². The summed E-state index contributed by atoms with van der Waals surface area (Å²) in [6.07, 6.45) is 5.79. The molecule has 1 aromatic carbocycles. The van der Waals surface area contributed by atoms with Crippen LogP contribution in [0.5, 0.6) is 5.75 Å². The van der Waals surface area contributed by atoms with Crippen LogP contribution in [-0.2, 0) is 6.54 Å². The summed E-state index contributed by atoms with van der Waals surface area (Å²) in [5.41, 5.74) is 8.81. The second-order valence-corrected chi connectivity index (χ2v) is 5.59. The zero-order valence-electron chi connectivity index (χ0n) is 14.3. The van der Waals surface area contributed by atoms with Gasteiger partial charge in [0.2, 0.25) is 0 Å². The van der Waals surface area contributed by atoms with Crippen molar-refractivity contribution in [2.45, 2.75) is 6.54 Å². The number of ether oxygens (including phenoxy) is 1. The van der Waals surface area contributed by atoms with Gasteiger partial charge in [-0.3, -0.25) is 9.20 Å². The number of imidazole rings is 1. The van der Waals surface area contributed by atoms with Gasteiger partial charge in [0.25, 0.3) is 5.91 Å². The van der Waals surface area contributed by atoms with Crippen LogP contribution in [0.2, 0.25) is 0 Å². The molecule has 7 nitrogen and oxygen atoms in total. The van der Waals surface area contributed by atoms with E-state index in [1.807, 2.05) is 30.3 Å². The van der Waals surface area contributed by atoms with E-state index in [0.717, 1.165) is 16.9 Å². The minimum absolute atomic E-state index is 0.245. The van der Waals surface area contributed by atoms with Crippen LogP contribution in [-0.4, -0.2) is 28.6 Å². The van der Waals surface area contributed by atoms with Gasteiger partial charge in [0.05, 0.1) is 13.3 Å². The lowest BCUT2D eigenvalue weighted by Gasteiger charge is -2.08. The highest BCUT2D eigenvalue weighted by molar-refractivity contribution is 6.08. The molecule has 0 aliphatic carbocycles. The first-order valence-corrected chi connectivity index (χ1v) is 7.97. The number of hydrogen-bond acceptors (Lipinski definition) is 5. The highest BCUT2D eigenvalue weighted by Crippen LogP contribution is 2.16. The van der Waals surface area contributed by atoms with Crippen molar-refractivity contribution < 1.29 is 9.53 Å². The molecule has 0 unspecified atom stereocenters. The third-order valence-electron chi connectivity index (χ3n) is 3.99. The Morgan fingerprint density at radius 1 is 1.38 bits per heavy atom. The van der Waals surface area contributed by atoms with Crippen LogP contribution in [0.25, 0.3) is 11.2 Å². The van der Waals surface area contributed by atoms with Crippen molar-refractivity contribution in [3.8, 4) is 5.75 Å². The van der Waals surface area contributed by atoms with Crippen LogP contribution in [0, 0.1) is 5.41 Å². The van der Waals surface area contributed by atoms with Gasteiger partial charge in [-0.1, -0.05) is 12.1 Å². The fourth-order valence-corrected chi connectivity index (χ4v) is 2.60. The van der Waals surface area contributed by atoms with E-state index in [9.17, 15) is 4.79 Å². The van der Waals surface area contributed by atoms with E-state index in [4.69, 9.17) is 15.9 Å². The molecule has 2 heterocycles. The Morgan fingerprint density at radius 3 is 2.96 bits per heavy atom. The number of allylic oxidation sites excluding steroid dienone is 1. The fraction of sp³-hybridized carbons (Fsp3) is 0.105. The molecule has 0 saturated heterocycles. The highest BCUT2D eigenvalue weighted by Gasteiger charge is 2.13. The van der Waals surface area contributed by atoms with E-state index >= 15 is 0 Å². The molecule has 4 N–H and O–H groups in total. The summed E-state index contributed by atoms with van der Waals surface area (Å²) in [5, 5.41) is 10.3. The normalized spacial score (nSPS) is 11.3. The smallest absolute Gasteiger partial charge is 0.270 e. The number of nitrogens with zero attached hydrogens (tertiary/aromatic N) is 2. The molecule has 26 heavy (non-hydrogen) atoms. The van der Waals surface area contributed by atoms with Crippen molar-refractivity contribution in [2.75, 3.05) is 7.11 Å². The Bertz CT molecular complexity index is 991. The molecule has 3 aromatic rings. The Hall–Kier alpha value is -3.61. The standard InChI is InChI=1S/C19H19N5O2/c1-26-16-4-2-3-13(7-16)10-23-19(25)17-11-22-18-6-5-14(12-24(17)18)15(8-20)9-21/h2-9,11-12,20H,10,21H2,1H3,(H,23,25)/b15-9+,20-8?. The second kappa shape index (κ2) is 7.52. The minimum Gasteiger partial charge on any atom is -0.497 e. The van der Waals surface area contributed by atoms with Crippen molar-refractivity contribution in [1.82, 2.24) is 14.7 Å². The average Bonchev–Trinajstić information content (AvgIpc) is 3.11. The van der Waals surface area contributed by atoms with E-state index in [-0.39, 0.29) is 5.91 Å². The first-order valence-electron chi connectivity index (χ1n) is 7.97. The summed E-state index contributed by atoms with van der Waals surface area (Å²) < 4.78 is 6.87. The van der Waals surface area contributed by atoms with Gasteiger partial charge < -0.3 is 21.2 Å². The summed E-state index contributed by atoms with van der Waals surface area (Å²) in [5.74, 6) is 0.495.